The van der Waals surface area contributed by atoms with Gasteiger partial charge in [-0.25, -0.2) is 0 Å². The highest BCUT2D eigenvalue weighted by Crippen LogP contribution is 2.60. The van der Waals surface area contributed by atoms with Crippen LogP contribution in [0.4, 0.5) is 0 Å². The Hall–Kier alpha value is -3.04. The lowest BCUT2D eigenvalue weighted by Crippen LogP contribution is -2.40. The molecule has 3 nitrogen and oxygen atoms in total. The molecule has 0 radical (unpaired) electrons. The van der Waals surface area contributed by atoms with Crippen molar-refractivity contribution in [1.82, 2.24) is 0 Å². The number of ketones is 2. The summed E-state index contributed by atoms with van der Waals surface area (Å²) in [4.78, 5) is 24.0. The molecule has 1 aromatic rings. The van der Waals surface area contributed by atoms with Crippen LogP contribution in [-0.4, -0.2) is 22.8 Å². The Labute approximate surface area is 265 Å². The largest absolute Gasteiger partial charge is 0.392 e. The van der Waals surface area contributed by atoms with Gasteiger partial charge in [0.1, 0.15) is 0 Å². The van der Waals surface area contributed by atoms with Crippen molar-refractivity contribution >= 4 is 11.6 Å². The second-order valence-corrected chi connectivity index (χ2v) is 14.8. The topological polar surface area (TPSA) is 54.4 Å². The maximum Gasteiger partial charge on any atom is 0.178 e. The van der Waals surface area contributed by atoms with Gasteiger partial charge in [-0.15, -0.1) is 0 Å². The summed E-state index contributed by atoms with van der Waals surface area (Å²) in [5.41, 5.74) is 12.6. The van der Waals surface area contributed by atoms with E-state index >= 15 is 0 Å². The van der Waals surface area contributed by atoms with E-state index in [2.05, 4.69) is 71.0 Å². The molecule has 0 bridgehead atoms. The van der Waals surface area contributed by atoms with Crippen LogP contribution in [0.5, 0.6) is 0 Å². The number of aliphatic hydroxyl groups is 1. The predicted molar refractivity (Wildman–Crippen MR) is 181 cm³/mol. The van der Waals surface area contributed by atoms with Crippen LogP contribution < -0.4 is 0 Å². The average molecular weight is 593 g/mol. The Balaban J connectivity index is 0.000000167. The van der Waals surface area contributed by atoms with Gasteiger partial charge < -0.3 is 5.11 Å². The fraction of sp³-hybridized carbons (Fsp3) is 0.512. The number of carbonyl (C=O) groups excluding carboxylic acids is 2. The van der Waals surface area contributed by atoms with E-state index in [4.69, 9.17) is 0 Å². The van der Waals surface area contributed by atoms with Crippen molar-refractivity contribution < 1.29 is 14.7 Å². The van der Waals surface area contributed by atoms with E-state index in [1.54, 1.807) is 12.2 Å². The third kappa shape index (κ3) is 4.40. The zero-order valence-electron chi connectivity index (χ0n) is 25.9. The number of hydrogen-bond acceptors (Lipinski definition) is 3. The lowest BCUT2D eigenvalue weighted by Gasteiger charge is -2.47. The molecular weight excluding hydrogens is 540 g/mol. The summed E-state index contributed by atoms with van der Waals surface area (Å²) in [6, 6.07) is 6.92. The number of hydrogen-bond donors (Lipinski definition) is 1. The third-order valence-electron chi connectivity index (χ3n) is 12.5. The molecule has 8 rings (SSSR count). The molecule has 3 heteroatoms. The first-order valence-electron chi connectivity index (χ1n) is 16.0. The summed E-state index contributed by atoms with van der Waals surface area (Å²) >= 11 is 0. The van der Waals surface area contributed by atoms with Gasteiger partial charge in [0.25, 0.3) is 0 Å². The fourth-order valence-corrected chi connectivity index (χ4v) is 9.57. The molecule has 0 fully saturated rings. The van der Waals surface area contributed by atoms with Gasteiger partial charge in [-0.2, -0.15) is 0 Å². The minimum atomic E-state index is -0.239. The molecule has 0 aliphatic heterocycles. The Bertz CT molecular complexity index is 1620. The molecule has 0 saturated heterocycles. The number of aliphatic hydroxyl groups excluding tert-OH is 1. The molecule has 44 heavy (non-hydrogen) atoms. The highest BCUT2D eigenvalue weighted by molar-refractivity contribution is 6.02. The van der Waals surface area contributed by atoms with Crippen molar-refractivity contribution in [3.05, 3.63) is 105 Å². The number of allylic oxidation sites excluding steroid dienone is 10. The van der Waals surface area contributed by atoms with Crippen molar-refractivity contribution in [3.8, 4) is 0 Å². The van der Waals surface area contributed by atoms with Gasteiger partial charge in [-0.3, -0.25) is 9.59 Å². The van der Waals surface area contributed by atoms with Crippen LogP contribution in [0.15, 0.2) is 88.1 Å². The molecule has 0 spiro atoms. The Kier molecular flexibility index (Phi) is 7.94. The summed E-state index contributed by atoms with van der Waals surface area (Å²) in [6.45, 7) is 11.2. The molecule has 0 saturated carbocycles. The maximum atomic E-state index is 12.3. The van der Waals surface area contributed by atoms with E-state index in [9.17, 15) is 14.7 Å². The van der Waals surface area contributed by atoms with Gasteiger partial charge >= 0.3 is 0 Å². The Morgan fingerprint density at radius 2 is 1.57 bits per heavy atom. The van der Waals surface area contributed by atoms with Gasteiger partial charge in [0, 0.05) is 16.2 Å². The Morgan fingerprint density at radius 1 is 0.818 bits per heavy atom. The zero-order chi connectivity index (χ0) is 29.7. The summed E-state index contributed by atoms with van der Waals surface area (Å²) in [7, 11) is 0. The van der Waals surface area contributed by atoms with E-state index in [1.165, 1.54) is 50.1 Å². The third-order valence-corrected chi connectivity index (χ3v) is 12.5. The first-order chi connectivity index (χ1) is 19.9. The highest BCUT2D eigenvalue weighted by atomic mass is 16.3. The van der Waals surface area contributed by atoms with Gasteiger partial charge in [0.15, 0.2) is 11.6 Å². The minimum Gasteiger partial charge on any atom is -0.392 e. The normalized spacial score (nSPS) is 35.8. The van der Waals surface area contributed by atoms with E-state index in [0.717, 1.165) is 57.8 Å². The summed E-state index contributed by atoms with van der Waals surface area (Å²) in [6.07, 6.45) is 20.7. The van der Waals surface area contributed by atoms with Crippen LogP contribution in [0.1, 0.15) is 111 Å². The van der Waals surface area contributed by atoms with Crippen LogP contribution >= 0.6 is 0 Å². The van der Waals surface area contributed by atoms with E-state index in [1.807, 2.05) is 6.08 Å². The smallest absolute Gasteiger partial charge is 0.178 e. The number of benzene rings is 1. The van der Waals surface area contributed by atoms with Crippen LogP contribution in [0.25, 0.3) is 0 Å². The molecule has 5 atom stereocenters. The van der Waals surface area contributed by atoms with Crippen molar-refractivity contribution in [3.63, 3.8) is 0 Å². The first-order valence-corrected chi connectivity index (χ1v) is 16.0. The maximum absolute atomic E-state index is 12.3. The molecule has 0 aromatic heterocycles. The molecule has 1 N–H and O–H groups in total. The number of carbonyl (C=O) groups is 2. The number of fused-ring (bicyclic) bond motifs is 8. The first kappa shape index (κ1) is 32.4. The fourth-order valence-electron chi connectivity index (χ4n) is 9.57. The summed E-state index contributed by atoms with van der Waals surface area (Å²) in [5.74, 6) is 0.435. The van der Waals surface area contributed by atoms with E-state index < -0.39 is 0 Å². The summed E-state index contributed by atoms with van der Waals surface area (Å²) < 4.78 is 0. The molecule has 7 aliphatic rings. The molecule has 1 aromatic carbocycles. The molecule has 0 amide bonds. The van der Waals surface area contributed by atoms with Gasteiger partial charge in [-0.05, 0) is 125 Å². The molecule has 0 heterocycles. The number of rotatable bonds is 0. The lowest BCUT2D eigenvalue weighted by atomic mass is 9.56. The second-order valence-electron chi connectivity index (χ2n) is 14.8. The van der Waals surface area contributed by atoms with Gasteiger partial charge in [-0.1, -0.05) is 87.4 Å². The van der Waals surface area contributed by atoms with E-state index in [0.29, 0.717) is 5.78 Å². The molecule has 0 unspecified atom stereocenters. The van der Waals surface area contributed by atoms with Gasteiger partial charge in [0.2, 0.25) is 0 Å². The van der Waals surface area contributed by atoms with Crippen LogP contribution in [0, 0.1) is 23.2 Å². The van der Waals surface area contributed by atoms with Crippen molar-refractivity contribution in [2.45, 2.75) is 119 Å². The van der Waals surface area contributed by atoms with Crippen LogP contribution in [0.3, 0.4) is 0 Å². The highest BCUT2D eigenvalue weighted by Gasteiger charge is 2.51. The van der Waals surface area contributed by atoms with Crippen molar-refractivity contribution in [2.75, 3.05) is 0 Å². The zero-order valence-corrected chi connectivity index (χ0v) is 25.9. The minimum absolute atomic E-state index is 0. The second kappa shape index (κ2) is 10.8. The van der Waals surface area contributed by atoms with E-state index in [-0.39, 0.29) is 48.4 Å². The van der Waals surface area contributed by atoms with Gasteiger partial charge in [0.05, 0.1) is 11.5 Å². The van der Waals surface area contributed by atoms with Crippen molar-refractivity contribution in [1.29, 1.82) is 0 Å². The van der Waals surface area contributed by atoms with Crippen molar-refractivity contribution in [2.24, 2.45) is 16.2 Å². The van der Waals surface area contributed by atoms with Crippen LogP contribution in [-0.2, 0) is 21.4 Å². The predicted octanol–water partition coefficient (Wildman–Crippen LogP) is 9.35. The molecule has 234 valence electrons. The monoisotopic (exact) mass is 592 g/mol. The summed E-state index contributed by atoms with van der Waals surface area (Å²) in [5, 5.41) is 10.4. The lowest BCUT2D eigenvalue weighted by molar-refractivity contribution is -0.121. The Morgan fingerprint density at radius 3 is 2.34 bits per heavy atom. The SMILES string of the molecule is C.C.C[C@]12C=CC(=O)C=C1CCC1=C2CC[C@@]2(C)C1=CC[C@@H]2O.Cc1ccc2c(c1)CCC1=C3C=CC(=O)[C@@]3(C)CC[C@]12C. The van der Waals surface area contributed by atoms with Crippen LogP contribution in [0.2, 0.25) is 0 Å². The standard InChI is InChI=1S/C20H22O.C19H22O2.2CH4/c1-13-4-6-15-14(12-13)5-7-16-17-8-9-18(21)20(17,3)11-10-19(15,16)2;1-18-9-7-13(20)11-12(18)3-4-14-15-5-6-17(21)19(15,2)10-8-16(14)18;;/h4,6,8-9,12H,5,7,10-11H2,1-3H3;5,7,9,11,17,21H,3-4,6,8,10H2,1-2H3;2*1H4/t19-,20-;17-,18-,19-;;/m00../s1. The number of aryl methyl sites for hydroxylation is 2. The molecular formula is C41H52O3. The molecule has 7 aliphatic carbocycles. The average Bonchev–Trinajstić information content (AvgIpc) is 3.43. The quantitative estimate of drug-likeness (QED) is 0.327.